The van der Waals surface area contributed by atoms with E-state index in [1.54, 1.807) is 20.8 Å². The molecule has 0 saturated carbocycles. The van der Waals surface area contributed by atoms with Gasteiger partial charge in [0.1, 0.15) is 5.60 Å². The lowest BCUT2D eigenvalue weighted by molar-refractivity contribution is 0.0519. The minimum atomic E-state index is -1.19. The number of aromatic nitrogens is 3. The van der Waals surface area contributed by atoms with Crippen LogP contribution in [0.15, 0.2) is 0 Å². The number of carbonyl (C=O) groups is 2. The molecule has 1 aromatic rings. The average molecular weight is 312 g/mol. The van der Waals surface area contributed by atoms with Gasteiger partial charge in [-0.2, -0.15) is 0 Å². The van der Waals surface area contributed by atoms with Gasteiger partial charge in [0.25, 0.3) is 0 Å². The van der Waals surface area contributed by atoms with Gasteiger partial charge in [-0.25, -0.2) is 14.3 Å². The highest BCUT2D eigenvalue weighted by Gasteiger charge is 2.27. The van der Waals surface area contributed by atoms with Crippen LogP contribution in [0.4, 0.5) is 4.79 Å². The number of carboxylic acids is 1. The van der Waals surface area contributed by atoms with Crippen molar-refractivity contribution in [1.29, 1.82) is 0 Å². The summed E-state index contributed by atoms with van der Waals surface area (Å²) in [5.74, 6) is -1.19. The lowest BCUT2D eigenvalue weighted by Gasteiger charge is -2.20. The monoisotopic (exact) mass is 312 g/mol. The smallest absolute Gasteiger partial charge is 0.407 e. The number of hydrogen-bond donors (Lipinski definition) is 2. The molecule has 1 aromatic heterocycles. The van der Waals surface area contributed by atoms with E-state index in [0.29, 0.717) is 18.9 Å². The van der Waals surface area contributed by atoms with E-state index in [-0.39, 0.29) is 18.3 Å². The van der Waals surface area contributed by atoms with E-state index in [1.807, 2.05) is 0 Å². The molecular weight excluding hydrogens is 292 g/mol. The maximum Gasteiger partial charge on any atom is 0.407 e. The Balaban J connectivity index is 2.12. The van der Waals surface area contributed by atoms with Crippen LogP contribution >= 0.6 is 0 Å². The third kappa shape index (κ3) is 3.94. The highest BCUT2D eigenvalue weighted by atomic mass is 16.6. The zero-order valence-corrected chi connectivity index (χ0v) is 12.8. The quantitative estimate of drug-likeness (QED) is 0.850. The molecule has 0 spiro atoms. The van der Waals surface area contributed by atoms with Gasteiger partial charge in [0, 0.05) is 6.61 Å². The lowest BCUT2D eigenvalue weighted by atomic mass is 10.2. The minimum Gasteiger partial charge on any atom is -0.476 e. The lowest BCUT2D eigenvalue weighted by Crippen LogP contribution is -2.33. The number of nitrogens with zero attached hydrogens (tertiary/aromatic N) is 3. The summed E-state index contributed by atoms with van der Waals surface area (Å²) in [6, 6.07) is -0.0731. The van der Waals surface area contributed by atoms with E-state index < -0.39 is 17.7 Å². The summed E-state index contributed by atoms with van der Waals surface area (Å²) >= 11 is 0. The molecule has 0 bridgehead atoms. The van der Waals surface area contributed by atoms with Gasteiger partial charge in [0.15, 0.2) is 5.69 Å². The molecule has 1 atom stereocenters. The molecule has 1 aliphatic heterocycles. The molecule has 1 amide bonds. The summed E-state index contributed by atoms with van der Waals surface area (Å²) in [6.07, 6.45) is 0.0984. The molecule has 9 heteroatoms. The van der Waals surface area contributed by atoms with E-state index in [9.17, 15) is 14.7 Å². The molecule has 1 saturated heterocycles. The summed E-state index contributed by atoms with van der Waals surface area (Å²) in [6.45, 7) is 6.25. The van der Waals surface area contributed by atoms with Crippen molar-refractivity contribution in [3.05, 3.63) is 11.4 Å². The molecule has 2 heterocycles. The van der Waals surface area contributed by atoms with Gasteiger partial charge in [-0.15, -0.1) is 5.10 Å². The first-order valence-corrected chi connectivity index (χ1v) is 7.00. The number of aromatic carboxylic acids is 1. The zero-order valence-electron chi connectivity index (χ0n) is 12.8. The van der Waals surface area contributed by atoms with Crippen LogP contribution in [0.25, 0.3) is 0 Å². The van der Waals surface area contributed by atoms with Crippen molar-refractivity contribution in [3.8, 4) is 0 Å². The van der Waals surface area contributed by atoms with Crippen molar-refractivity contribution in [3.63, 3.8) is 0 Å². The number of carboxylic acid groups (broad SMARTS) is 1. The van der Waals surface area contributed by atoms with Gasteiger partial charge in [0.05, 0.1) is 24.9 Å². The van der Waals surface area contributed by atoms with E-state index in [1.165, 1.54) is 4.68 Å². The average Bonchev–Trinajstić information content (AvgIpc) is 3.02. The zero-order chi connectivity index (χ0) is 16.3. The molecular formula is C13H20N4O5. The van der Waals surface area contributed by atoms with Crippen LogP contribution in [0.5, 0.6) is 0 Å². The molecule has 1 unspecified atom stereocenters. The molecule has 9 nitrogen and oxygen atoms in total. The van der Waals surface area contributed by atoms with Gasteiger partial charge in [-0.3, -0.25) is 0 Å². The largest absolute Gasteiger partial charge is 0.476 e. The summed E-state index contributed by atoms with van der Waals surface area (Å²) < 4.78 is 11.9. The predicted molar refractivity (Wildman–Crippen MR) is 74.5 cm³/mol. The van der Waals surface area contributed by atoms with Gasteiger partial charge in [0.2, 0.25) is 0 Å². The number of hydrogen-bond acceptors (Lipinski definition) is 6. The second kappa shape index (κ2) is 6.30. The molecule has 2 N–H and O–H groups in total. The standard InChI is InChI=1S/C13H20N4O5/c1-13(2,3)22-12(20)14-6-9-10(11(18)19)15-16-17(9)8-4-5-21-7-8/h8H,4-7H2,1-3H3,(H,14,20)(H,18,19). The van der Waals surface area contributed by atoms with Crippen molar-refractivity contribution in [2.24, 2.45) is 0 Å². The van der Waals surface area contributed by atoms with Crippen LogP contribution in [-0.4, -0.2) is 51.0 Å². The number of rotatable bonds is 4. The summed E-state index contributed by atoms with van der Waals surface area (Å²) in [7, 11) is 0. The Hall–Kier alpha value is -2.16. The van der Waals surface area contributed by atoms with Crippen molar-refractivity contribution in [2.75, 3.05) is 13.2 Å². The van der Waals surface area contributed by atoms with Crippen molar-refractivity contribution >= 4 is 12.1 Å². The molecule has 122 valence electrons. The van der Waals surface area contributed by atoms with E-state index in [4.69, 9.17) is 9.47 Å². The molecule has 22 heavy (non-hydrogen) atoms. The summed E-state index contributed by atoms with van der Waals surface area (Å²) in [4.78, 5) is 22.9. The third-order valence-corrected chi connectivity index (χ3v) is 3.04. The minimum absolute atomic E-state index is 0.0277. The Morgan fingerprint density at radius 1 is 1.50 bits per heavy atom. The second-order valence-corrected chi connectivity index (χ2v) is 6.01. The predicted octanol–water partition coefficient (Wildman–Crippen LogP) is 0.962. The SMILES string of the molecule is CC(C)(C)OC(=O)NCc1c(C(=O)O)nnn1C1CCOC1. The fourth-order valence-corrected chi connectivity index (χ4v) is 2.12. The van der Waals surface area contributed by atoms with Gasteiger partial charge < -0.3 is 19.9 Å². The van der Waals surface area contributed by atoms with Crippen LogP contribution in [0.1, 0.15) is 49.4 Å². The van der Waals surface area contributed by atoms with Gasteiger partial charge in [-0.05, 0) is 27.2 Å². The summed E-state index contributed by atoms with van der Waals surface area (Å²) in [5, 5.41) is 19.3. The molecule has 1 fully saturated rings. The maximum atomic E-state index is 11.7. The fraction of sp³-hybridized carbons (Fsp3) is 0.692. The van der Waals surface area contributed by atoms with Crippen molar-refractivity contribution in [2.45, 2.75) is 45.4 Å². The van der Waals surface area contributed by atoms with Crippen LogP contribution < -0.4 is 5.32 Å². The first kappa shape index (κ1) is 16.2. The molecule has 0 aliphatic carbocycles. The van der Waals surface area contributed by atoms with Crippen molar-refractivity contribution in [1.82, 2.24) is 20.3 Å². The summed E-state index contributed by atoms with van der Waals surface area (Å²) in [5.41, 5.74) is -0.478. The molecule has 2 rings (SSSR count). The Bertz CT molecular complexity index is 557. The topological polar surface area (TPSA) is 116 Å². The van der Waals surface area contributed by atoms with Crippen LogP contribution in [-0.2, 0) is 16.0 Å². The Kier molecular flexibility index (Phi) is 4.65. The number of alkyl carbamates (subject to hydrolysis) is 1. The number of carbonyl (C=O) groups excluding carboxylic acids is 1. The number of ether oxygens (including phenoxy) is 2. The highest BCUT2D eigenvalue weighted by Crippen LogP contribution is 2.21. The van der Waals surface area contributed by atoms with E-state index in [0.717, 1.165) is 6.42 Å². The van der Waals surface area contributed by atoms with Crippen LogP contribution in [0, 0.1) is 0 Å². The Morgan fingerprint density at radius 3 is 2.77 bits per heavy atom. The van der Waals surface area contributed by atoms with E-state index >= 15 is 0 Å². The highest BCUT2D eigenvalue weighted by molar-refractivity contribution is 5.86. The first-order valence-electron chi connectivity index (χ1n) is 7.00. The van der Waals surface area contributed by atoms with Crippen LogP contribution in [0.2, 0.25) is 0 Å². The van der Waals surface area contributed by atoms with Gasteiger partial charge >= 0.3 is 12.1 Å². The van der Waals surface area contributed by atoms with Crippen molar-refractivity contribution < 1.29 is 24.2 Å². The second-order valence-electron chi connectivity index (χ2n) is 6.01. The number of amides is 1. The fourth-order valence-electron chi connectivity index (χ4n) is 2.12. The third-order valence-electron chi connectivity index (χ3n) is 3.04. The molecule has 1 aliphatic rings. The molecule has 0 radical (unpaired) electrons. The molecule has 0 aromatic carbocycles. The number of nitrogens with one attached hydrogen (secondary N) is 1. The normalized spacial score (nSPS) is 18.2. The van der Waals surface area contributed by atoms with Crippen LogP contribution in [0.3, 0.4) is 0 Å². The first-order chi connectivity index (χ1) is 10.3. The van der Waals surface area contributed by atoms with E-state index in [2.05, 4.69) is 15.6 Å². The Labute approximate surface area is 127 Å². The van der Waals surface area contributed by atoms with Gasteiger partial charge in [-0.1, -0.05) is 5.21 Å². The maximum absolute atomic E-state index is 11.7. The Morgan fingerprint density at radius 2 is 2.23 bits per heavy atom.